The van der Waals surface area contributed by atoms with Gasteiger partial charge in [-0.3, -0.25) is 8.42 Å². The van der Waals surface area contributed by atoms with E-state index >= 15 is 0 Å². The Labute approximate surface area is 143 Å². The summed E-state index contributed by atoms with van der Waals surface area (Å²) in [5.74, 6) is 0. The third-order valence-corrected chi connectivity index (χ3v) is 3.65. The molecule has 144 valence electrons. The molecular formula is C14H38N4O4S. The molecule has 0 fully saturated rings. The van der Waals surface area contributed by atoms with Gasteiger partial charge in [0.1, 0.15) is 0 Å². The normalized spacial score (nSPS) is 11.9. The number of rotatable bonds is 8. The molecule has 0 amide bonds. The first-order valence-corrected chi connectivity index (χ1v) is 9.28. The Morgan fingerprint density at radius 2 is 1.00 bits per heavy atom. The Morgan fingerprint density at radius 1 is 0.783 bits per heavy atom. The first kappa shape index (κ1) is 27.6. The van der Waals surface area contributed by atoms with Crippen molar-refractivity contribution >= 4 is 10.4 Å². The minimum atomic E-state index is -5.17. The van der Waals surface area contributed by atoms with Crippen LogP contribution in [0.1, 0.15) is 26.7 Å². The van der Waals surface area contributed by atoms with E-state index in [0.29, 0.717) is 0 Å². The van der Waals surface area contributed by atoms with E-state index in [-0.39, 0.29) is 0 Å². The van der Waals surface area contributed by atoms with Crippen molar-refractivity contribution in [1.82, 2.24) is 0 Å². The Morgan fingerprint density at radius 3 is 1.13 bits per heavy atom. The molecule has 0 aromatic carbocycles. The SMILES string of the molecule is CC[N+](C)(C)CCCN.CC[N+](C)(C)CCCN.O=S(=O)([O-])[O-]. The summed E-state index contributed by atoms with van der Waals surface area (Å²) in [6, 6.07) is 0. The van der Waals surface area contributed by atoms with Gasteiger partial charge in [-0.05, 0) is 26.9 Å². The quantitative estimate of drug-likeness (QED) is 0.342. The van der Waals surface area contributed by atoms with Crippen molar-refractivity contribution in [2.45, 2.75) is 26.7 Å². The summed E-state index contributed by atoms with van der Waals surface area (Å²) < 4.78 is 36.3. The minimum absolute atomic E-state index is 0.821. The zero-order valence-corrected chi connectivity index (χ0v) is 16.6. The number of hydrogen-bond acceptors (Lipinski definition) is 6. The van der Waals surface area contributed by atoms with Crippen molar-refractivity contribution in [1.29, 1.82) is 0 Å². The maximum atomic E-state index is 8.52. The second-order valence-electron chi connectivity index (χ2n) is 6.64. The molecule has 0 radical (unpaired) electrons. The molecule has 0 unspecified atom stereocenters. The largest absolute Gasteiger partial charge is 0.759 e. The molecule has 0 atom stereocenters. The van der Waals surface area contributed by atoms with Gasteiger partial charge in [0, 0.05) is 23.2 Å². The summed E-state index contributed by atoms with van der Waals surface area (Å²) in [4.78, 5) is 0. The fourth-order valence-corrected chi connectivity index (χ4v) is 1.35. The van der Waals surface area contributed by atoms with Gasteiger partial charge in [-0.1, -0.05) is 0 Å². The van der Waals surface area contributed by atoms with Crippen LogP contribution in [-0.4, -0.2) is 93.9 Å². The van der Waals surface area contributed by atoms with Crippen LogP contribution in [0.4, 0.5) is 0 Å². The van der Waals surface area contributed by atoms with E-state index in [0.717, 1.165) is 34.9 Å². The zero-order valence-electron chi connectivity index (χ0n) is 15.7. The predicted octanol–water partition coefficient (Wildman–Crippen LogP) is -0.475. The standard InChI is InChI=1S/2C7H19N2.H2O4S/c2*1-4-9(2,3)7-5-6-8;1-5(2,3)4/h2*4-8H2,1-3H3;(H2,1,2,3,4)/q2*+1;/p-2. The molecule has 0 aromatic heterocycles. The lowest BCUT2D eigenvalue weighted by atomic mass is 10.3. The average Bonchev–Trinajstić information content (AvgIpc) is 2.42. The molecule has 0 aliphatic carbocycles. The van der Waals surface area contributed by atoms with Crippen molar-refractivity contribution in [3.63, 3.8) is 0 Å². The molecule has 0 aromatic rings. The molecule has 0 rings (SSSR count). The molecule has 0 aliphatic rings. The van der Waals surface area contributed by atoms with Gasteiger partial charge in [0.2, 0.25) is 0 Å². The van der Waals surface area contributed by atoms with Crippen LogP contribution in [0, 0.1) is 0 Å². The molecule has 9 heteroatoms. The van der Waals surface area contributed by atoms with E-state index in [4.69, 9.17) is 29.0 Å². The van der Waals surface area contributed by atoms with E-state index in [1.54, 1.807) is 0 Å². The predicted molar refractivity (Wildman–Crippen MR) is 92.9 cm³/mol. The Hall–Kier alpha value is -0.290. The highest BCUT2D eigenvalue weighted by molar-refractivity contribution is 7.79. The van der Waals surface area contributed by atoms with E-state index < -0.39 is 10.4 Å². The lowest BCUT2D eigenvalue weighted by Gasteiger charge is -2.27. The average molecular weight is 359 g/mol. The summed E-state index contributed by atoms with van der Waals surface area (Å²) in [5.41, 5.74) is 10.8. The van der Waals surface area contributed by atoms with Crippen molar-refractivity contribution in [2.24, 2.45) is 11.5 Å². The molecule has 0 heterocycles. The Bertz CT molecular complexity index is 332. The molecule has 0 bridgehead atoms. The van der Waals surface area contributed by atoms with Crippen LogP contribution in [0.2, 0.25) is 0 Å². The second-order valence-corrected chi connectivity index (χ2v) is 7.46. The maximum absolute atomic E-state index is 8.52. The molecule has 0 saturated carbocycles. The molecule has 4 N–H and O–H groups in total. The van der Waals surface area contributed by atoms with E-state index in [1.807, 2.05) is 0 Å². The van der Waals surface area contributed by atoms with Crippen LogP contribution in [-0.2, 0) is 10.4 Å². The Kier molecular flexibility index (Phi) is 16.9. The monoisotopic (exact) mass is 358 g/mol. The van der Waals surface area contributed by atoms with Crippen LogP contribution in [0.15, 0.2) is 0 Å². The van der Waals surface area contributed by atoms with Gasteiger partial charge in [0.15, 0.2) is 0 Å². The lowest BCUT2D eigenvalue weighted by Crippen LogP contribution is -2.40. The highest BCUT2D eigenvalue weighted by Crippen LogP contribution is 1.96. The van der Waals surface area contributed by atoms with Crippen molar-refractivity contribution in [3.05, 3.63) is 0 Å². The van der Waals surface area contributed by atoms with Gasteiger partial charge in [-0.15, -0.1) is 0 Å². The smallest absolute Gasteiger partial charge is 0.0794 e. The lowest BCUT2D eigenvalue weighted by molar-refractivity contribution is -0.888. The van der Waals surface area contributed by atoms with Gasteiger partial charge in [0.25, 0.3) is 0 Å². The van der Waals surface area contributed by atoms with Gasteiger partial charge in [-0.2, -0.15) is 0 Å². The van der Waals surface area contributed by atoms with Crippen LogP contribution < -0.4 is 11.5 Å². The molecule has 0 aliphatic heterocycles. The van der Waals surface area contributed by atoms with E-state index in [9.17, 15) is 0 Å². The van der Waals surface area contributed by atoms with Crippen molar-refractivity contribution in [2.75, 3.05) is 67.5 Å². The first-order valence-electron chi connectivity index (χ1n) is 7.95. The highest BCUT2D eigenvalue weighted by atomic mass is 32.3. The van der Waals surface area contributed by atoms with Crippen molar-refractivity contribution < 1.29 is 26.5 Å². The van der Waals surface area contributed by atoms with Gasteiger partial charge in [0.05, 0.1) is 54.4 Å². The van der Waals surface area contributed by atoms with Crippen LogP contribution >= 0.6 is 0 Å². The number of hydrogen-bond donors (Lipinski definition) is 2. The van der Waals surface area contributed by atoms with E-state index in [1.165, 1.54) is 26.2 Å². The number of nitrogens with zero attached hydrogens (tertiary/aromatic N) is 2. The van der Waals surface area contributed by atoms with Crippen LogP contribution in [0.25, 0.3) is 0 Å². The fraction of sp³-hybridized carbons (Fsp3) is 1.00. The maximum Gasteiger partial charge on any atom is 0.0794 e. The number of quaternary nitrogens is 2. The van der Waals surface area contributed by atoms with Gasteiger partial charge >= 0.3 is 0 Å². The molecule has 0 saturated heterocycles. The topological polar surface area (TPSA) is 132 Å². The van der Waals surface area contributed by atoms with E-state index in [2.05, 4.69) is 42.0 Å². The molecule has 23 heavy (non-hydrogen) atoms. The fourth-order valence-electron chi connectivity index (χ4n) is 1.35. The highest BCUT2D eigenvalue weighted by Gasteiger charge is 2.09. The van der Waals surface area contributed by atoms with Gasteiger partial charge < -0.3 is 29.5 Å². The summed E-state index contributed by atoms with van der Waals surface area (Å²) >= 11 is 0. The van der Waals surface area contributed by atoms with Crippen molar-refractivity contribution in [3.8, 4) is 0 Å². The summed E-state index contributed by atoms with van der Waals surface area (Å²) in [5, 5.41) is 0. The first-order chi connectivity index (χ1) is 10.2. The zero-order chi connectivity index (χ0) is 19.2. The summed E-state index contributed by atoms with van der Waals surface area (Å²) in [6.07, 6.45) is 2.28. The van der Waals surface area contributed by atoms with Crippen LogP contribution in [0.3, 0.4) is 0 Å². The van der Waals surface area contributed by atoms with Crippen LogP contribution in [0.5, 0.6) is 0 Å². The summed E-state index contributed by atoms with van der Waals surface area (Å²) in [7, 11) is 3.76. The van der Waals surface area contributed by atoms with Gasteiger partial charge in [-0.25, -0.2) is 0 Å². The number of nitrogens with two attached hydrogens (primary N) is 2. The third kappa shape index (κ3) is 34.2. The molecule has 8 nitrogen and oxygen atoms in total. The second kappa shape index (κ2) is 14.1. The minimum Gasteiger partial charge on any atom is -0.759 e. The molecule has 0 spiro atoms. The third-order valence-electron chi connectivity index (χ3n) is 3.65. The summed E-state index contributed by atoms with van der Waals surface area (Å²) in [6.45, 7) is 10.8. The Balaban J connectivity index is -0.000000273. The molecular weight excluding hydrogens is 320 g/mol.